The van der Waals surface area contributed by atoms with Crippen molar-refractivity contribution in [2.24, 2.45) is 5.92 Å². The van der Waals surface area contributed by atoms with Gasteiger partial charge < -0.3 is 0 Å². The summed E-state index contributed by atoms with van der Waals surface area (Å²) in [5.41, 5.74) is 5.59. The van der Waals surface area contributed by atoms with Crippen molar-refractivity contribution < 1.29 is 0 Å². The Labute approximate surface area is 138 Å². The highest BCUT2D eigenvalue weighted by Gasteiger charge is 2.38. The van der Waals surface area contributed by atoms with Crippen molar-refractivity contribution in [2.75, 3.05) is 0 Å². The fourth-order valence-corrected chi connectivity index (χ4v) is 4.26. The molecule has 0 aliphatic heterocycles. The number of hydrogen-bond donors (Lipinski definition) is 0. The van der Waals surface area contributed by atoms with Crippen LogP contribution in [-0.2, 0) is 5.41 Å². The Hall–Kier alpha value is -2.15. The van der Waals surface area contributed by atoms with Crippen LogP contribution in [0.4, 0.5) is 0 Å². The van der Waals surface area contributed by atoms with Gasteiger partial charge >= 0.3 is 0 Å². The van der Waals surface area contributed by atoms with Gasteiger partial charge in [-0.3, -0.25) is 4.98 Å². The summed E-state index contributed by atoms with van der Waals surface area (Å²) in [4.78, 5) is 4.83. The van der Waals surface area contributed by atoms with Gasteiger partial charge in [-0.1, -0.05) is 56.4 Å². The van der Waals surface area contributed by atoms with Gasteiger partial charge in [0.15, 0.2) is 0 Å². The van der Waals surface area contributed by atoms with Crippen LogP contribution in [0.2, 0.25) is 0 Å². The number of nitrogens with zero attached hydrogens (tertiary/aromatic N) is 1. The standard InChI is InChI=1S/C22H23N/c1-4-5-8-15-9-6-11-17-19(15)21-20-16(13-14-23-21)10-7-12-18(20)22(17,2)3/h4-7,10-15H,8-9H2,1-3H3. The first-order valence-electron chi connectivity index (χ1n) is 8.55. The van der Waals surface area contributed by atoms with Crippen LogP contribution < -0.4 is 0 Å². The SMILES string of the molecule is CC=CCC1CC=CC2=C1c1nccc3cccc(c13)C2(C)C. The molecule has 2 aliphatic carbocycles. The maximum Gasteiger partial charge on any atom is 0.0749 e. The van der Waals surface area contributed by atoms with E-state index in [1.807, 2.05) is 6.20 Å². The van der Waals surface area contributed by atoms with Crippen molar-refractivity contribution in [2.45, 2.75) is 39.0 Å². The number of hydrogen-bond acceptors (Lipinski definition) is 1. The monoisotopic (exact) mass is 301 g/mol. The van der Waals surface area contributed by atoms with Crippen LogP contribution in [0, 0.1) is 5.92 Å². The Bertz CT molecular complexity index is 859. The number of rotatable bonds is 2. The molecule has 0 spiro atoms. The second-order valence-electron chi connectivity index (χ2n) is 7.16. The van der Waals surface area contributed by atoms with Gasteiger partial charge in [0.2, 0.25) is 0 Å². The molecular weight excluding hydrogens is 278 g/mol. The lowest BCUT2D eigenvalue weighted by molar-refractivity contribution is 0.603. The van der Waals surface area contributed by atoms with Gasteiger partial charge in [0.1, 0.15) is 0 Å². The van der Waals surface area contributed by atoms with Crippen LogP contribution in [0.5, 0.6) is 0 Å². The predicted molar refractivity (Wildman–Crippen MR) is 98.4 cm³/mol. The maximum absolute atomic E-state index is 4.83. The number of pyridine rings is 1. The number of benzene rings is 1. The molecule has 23 heavy (non-hydrogen) atoms. The Morgan fingerprint density at radius 3 is 2.96 bits per heavy atom. The molecule has 0 bridgehead atoms. The van der Waals surface area contributed by atoms with Crippen LogP contribution in [0.3, 0.4) is 0 Å². The summed E-state index contributed by atoms with van der Waals surface area (Å²) in [5, 5.41) is 2.67. The van der Waals surface area contributed by atoms with Crippen molar-refractivity contribution >= 4 is 16.3 Å². The average Bonchev–Trinajstić information content (AvgIpc) is 2.57. The minimum atomic E-state index is 0.0377. The van der Waals surface area contributed by atoms with Gasteiger partial charge in [0.25, 0.3) is 0 Å². The summed E-state index contributed by atoms with van der Waals surface area (Å²) in [6, 6.07) is 8.81. The van der Waals surface area contributed by atoms with E-state index in [4.69, 9.17) is 4.98 Å². The normalized spacial score (nSPS) is 22.0. The molecule has 0 amide bonds. The smallest absolute Gasteiger partial charge is 0.0749 e. The van der Waals surface area contributed by atoms with Crippen LogP contribution in [0.15, 0.2) is 60.3 Å². The van der Waals surface area contributed by atoms with E-state index in [0.717, 1.165) is 12.8 Å². The van der Waals surface area contributed by atoms with E-state index in [-0.39, 0.29) is 5.41 Å². The quantitative estimate of drug-likeness (QED) is 0.637. The van der Waals surface area contributed by atoms with Gasteiger partial charge in [0.05, 0.1) is 5.69 Å². The molecule has 4 rings (SSSR count). The lowest BCUT2D eigenvalue weighted by Crippen LogP contribution is -2.28. The van der Waals surface area contributed by atoms with Crippen LogP contribution in [-0.4, -0.2) is 4.98 Å². The molecule has 0 radical (unpaired) electrons. The average molecular weight is 301 g/mol. The maximum atomic E-state index is 4.83. The van der Waals surface area contributed by atoms with Gasteiger partial charge in [-0.25, -0.2) is 0 Å². The third-order valence-electron chi connectivity index (χ3n) is 5.45. The second kappa shape index (κ2) is 5.19. The zero-order chi connectivity index (χ0) is 16.0. The molecule has 1 unspecified atom stereocenters. The molecule has 1 nitrogen and oxygen atoms in total. The highest BCUT2D eigenvalue weighted by molar-refractivity contribution is 6.00. The van der Waals surface area contributed by atoms with E-state index >= 15 is 0 Å². The summed E-state index contributed by atoms with van der Waals surface area (Å²) in [6.07, 6.45) is 13.3. The Balaban J connectivity index is 2.05. The van der Waals surface area contributed by atoms with Crippen molar-refractivity contribution in [3.05, 3.63) is 71.6 Å². The summed E-state index contributed by atoms with van der Waals surface area (Å²) < 4.78 is 0. The Morgan fingerprint density at radius 2 is 2.13 bits per heavy atom. The summed E-state index contributed by atoms with van der Waals surface area (Å²) in [6.45, 7) is 6.82. The first-order valence-corrected chi connectivity index (χ1v) is 8.55. The molecule has 1 heterocycles. The number of allylic oxidation sites excluding steroid dienone is 6. The van der Waals surface area contributed by atoms with E-state index < -0.39 is 0 Å². The number of aromatic nitrogens is 1. The van der Waals surface area contributed by atoms with E-state index in [1.54, 1.807) is 0 Å². The van der Waals surface area contributed by atoms with E-state index in [9.17, 15) is 0 Å². The fraction of sp³-hybridized carbons (Fsp3) is 0.318. The summed E-state index contributed by atoms with van der Waals surface area (Å²) in [7, 11) is 0. The number of fused-ring (bicyclic) bond motifs is 1. The van der Waals surface area contributed by atoms with Gasteiger partial charge in [-0.15, -0.1) is 0 Å². The highest BCUT2D eigenvalue weighted by atomic mass is 14.7. The molecule has 2 aromatic rings. The Morgan fingerprint density at radius 1 is 1.26 bits per heavy atom. The van der Waals surface area contributed by atoms with Crippen molar-refractivity contribution in [1.29, 1.82) is 0 Å². The molecule has 0 N–H and O–H groups in total. The molecule has 1 aromatic carbocycles. The minimum Gasteiger partial charge on any atom is -0.256 e. The molecule has 0 saturated heterocycles. The summed E-state index contributed by atoms with van der Waals surface area (Å²) >= 11 is 0. The van der Waals surface area contributed by atoms with Gasteiger partial charge in [-0.2, -0.15) is 0 Å². The molecular formula is C22H23N. The lowest BCUT2D eigenvalue weighted by atomic mass is 9.65. The van der Waals surface area contributed by atoms with Crippen LogP contribution in [0.25, 0.3) is 16.3 Å². The van der Waals surface area contributed by atoms with Crippen molar-refractivity contribution in [3.8, 4) is 0 Å². The first kappa shape index (κ1) is 14.4. The minimum absolute atomic E-state index is 0.0377. The van der Waals surface area contributed by atoms with Gasteiger partial charge in [-0.05, 0) is 53.8 Å². The molecule has 1 aromatic heterocycles. The van der Waals surface area contributed by atoms with E-state index in [1.165, 1.54) is 33.2 Å². The van der Waals surface area contributed by atoms with E-state index in [2.05, 4.69) is 69.3 Å². The molecule has 116 valence electrons. The lowest BCUT2D eigenvalue weighted by Gasteiger charge is -2.39. The third kappa shape index (κ3) is 2.03. The highest BCUT2D eigenvalue weighted by Crippen LogP contribution is 2.51. The Kier molecular flexibility index (Phi) is 3.26. The fourth-order valence-electron chi connectivity index (χ4n) is 4.26. The van der Waals surface area contributed by atoms with E-state index in [0.29, 0.717) is 5.92 Å². The zero-order valence-corrected chi connectivity index (χ0v) is 14.1. The van der Waals surface area contributed by atoms with Crippen LogP contribution in [0.1, 0.15) is 44.9 Å². The predicted octanol–water partition coefficient (Wildman–Crippen LogP) is 5.82. The first-order chi connectivity index (χ1) is 11.1. The molecule has 0 fully saturated rings. The van der Waals surface area contributed by atoms with Gasteiger partial charge in [0, 0.05) is 17.0 Å². The van der Waals surface area contributed by atoms with Crippen molar-refractivity contribution in [3.63, 3.8) is 0 Å². The topological polar surface area (TPSA) is 12.9 Å². The largest absolute Gasteiger partial charge is 0.256 e. The molecule has 2 aliphatic rings. The second-order valence-corrected chi connectivity index (χ2v) is 7.16. The molecule has 0 saturated carbocycles. The zero-order valence-electron chi connectivity index (χ0n) is 14.1. The molecule has 1 heteroatoms. The molecule has 1 atom stereocenters. The van der Waals surface area contributed by atoms with Crippen LogP contribution >= 0.6 is 0 Å². The van der Waals surface area contributed by atoms with Crippen molar-refractivity contribution in [1.82, 2.24) is 4.98 Å². The third-order valence-corrected chi connectivity index (χ3v) is 5.45. The summed E-state index contributed by atoms with van der Waals surface area (Å²) in [5.74, 6) is 0.539.